The Morgan fingerprint density at radius 1 is 1.35 bits per heavy atom. The normalized spacial score (nSPS) is 17.9. The number of carbonyl (C=O) groups is 1. The van der Waals surface area contributed by atoms with Gasteiger partial charge in [-0.15, -0.1) is 11.6 Å². The summed E-state index contributed by atoms with van der Waals surface area (Å²) >= 11 is 12.5. The summed E-state index contributed by atoms with van der Waals surface area (Å²) < 4.78 is 30.2. The first-order chi connectivity index (χ1) is 16.2. The molecule has 4 aromatic rings. The maximum Gasteiger partial charge on any atom is 0.231 e. The molecule has 3 aromatic heterocycles. The Morgan fingerprint density at radius 3 is 2.82 bits per heavy atom. The average Bonchev–Trinajstić information content (AvgIpc) is 3.17. The highest BCUT2D eigenvalue weighted by molar-refractivity contribution is 6.35. The van der Waals surface area contributed by atoms with E-state index in [1.807, 2.05) is 13.8 Å². The number of hydrogen-bond donors (Lipinski definition) is 3. The van der Waals surface area contributed by atoms with Crippen molar-refractivity contribution in [3.8, 4) is 11.3 Å². The number of imidazole rings is 1. The van der Waals surface area contributed by atoms with Gasteiger partial charge in [0.1, 0.15) is 6.17 Å². The van der Waals surface area contributed by atoms with Crippen molar-refractivity contribution in [1.82, 2.24) is 24.6 Å². The fourth-order valence-corrected chi connectivity index (χ4v) is 4.04. The van der Waals surface area contributed by atoms with Crippen LogP contribution in [0.4, 0.5) is 20.3 Å². The lowest BCUT2D eigenvalue weighted by atomic mass is 9.96. The molecule has 1 aliphatic carbocycles. The number of halogens is 4. The van der Waals surface area contributed by atoms with E-state index in [2.05, 4.69) is 30.8 Å². The van der Waals surface area contributed by atoms with E-state index in [-0.39, 0.29) is 28.4 Å². The van der Waals surface area contributed by atoms with Gasteiger partial charge in [-0.25, -0.2) is 13.8 Å². The van der Waals surface area contributed by atoms with Crippen molar-refractivity contribution in [3.63, 3.8) is 0 Å². The molecule has 1 aliphatic rings. The van der Waals surface area contributed by atoms with E-state index in [0.29, 0.717) is 40.2 Å². The molecule has 12 heteroatoms. The zero-order valence-corrected chi connectivity index (χ0v) is 19.8. The Hall–Kier alpha value is -2.98. The second kappa shape index (κ2) is 8.35. The number of aromatic nitrogens is 5. The molecule has 0 radical (unpaired) electrons. The Kier molecular flexibility index (Phi) is 5.60. The Morgan fingerprint density at radius 2 is 2.12 bits per heavy atom. The summed E-state index contributed by atoms with van der Waals surface area (Å²) in [5.74, 6) is -1.00. The summed E-state index contributed by atoms with van der Waals surface area (Å²) in [6.07, 6.45) is 5.37. The number of carbonyl (C=O) groups excluding carboxylic acids is 1. The van der Waals surface area contributed by atoms with Gasteiger partial charge in [0.05, 0.1) is 46.4 Å². The Balaban J connectivity index is 1.52. The summed E-state index contributed by atoms with van der Waals surface area (Å²) in [5.41, 5.74) is 1.60. The molecule has 0 saturated heterocycles. The van der Waals surface area contributed by atoms with E-state index >= 15 is 4.39 Å². The summed E-state index contributed by atoms with van der Waals surface area (Å²) in [5, 5.41) is 13.1. The lowest BCUT2D eigenvalue weighted by Crippen LogP contribution is -2.25. The minimum Gasteiger partial charge on any atom is -0.380 e. The third-order valence-corrected chi connectivity index (χ3v) is 6.87. The van der Waals surface area contributed by atoms with Crippen LogP contribution in [0, 0.1) is 17.2 Å². The zero-order valence-electron chi connectivity index (χ0n) is 18.3. The van der Waals surface area contributed by atoms with Crippen molar-refractivity contribution in [2.24, 2.45) is 11.3 Å². The van der Waals surface area contributed by atoms with Crippen molar-refractivity contribution >= 4 is 57.2 Å². The number of nitrogens with zero attached hydrogens (tertiary/aromatic N) is 4. The lowest BCUT2D eigenvalue weighted by molar-refractivity contribution is -0.117. The lowest BCUT2D eigenvalue weighted by Gasteiger charge is -2.23. The molecule has 1 saturated carbocycles. The van der Waals surface area contributed by atoms with E-state index in [4.69, 9.17) is 23.2 Å². The first-order valence-electron chi connectivity index (χ1n) is 10.6. The van der Waals surface area contributed by atoms with Crippen LogP contribution in [0.25, 0.3) is 27.8 Å². The van der Waals surface area contributed by atoms with Crippen LogP contribution in [0.2, 0.25) is 5.02 Å². The van der Waals surface area contributed by atoms with Gasteiger partial charge in [0.2, 0.25) is 5.91 Å². The van der Waals surface area contributed by atoms with Gasteiger partial charge in [-0.05, 0) is 11.8 Å². The maximum absolute atomic E-state index is 15.4. The quantitative estimate of drug-likeness (QED) is 0.304. The van der Waals surface area contributed by atoms with Gasteiger partial charge in [0.25, 0.3) is 0 Å². The highest BCUT2D eigenvalue weighted by Crippen LogP contribution is 2.41. The average molecular weight is 508 g/mol. The van der Waals surface area contributed by atoms with E-state index in [1.54, 1.807) is 23.0 Å². The Bertz CT molecular complexity index is 1420. The van der Waals surface area contributed by atoms with Crippen LogP contribution in [0.5, 0.6) is 0 Å². The molecule has 178 valence electrons. The molecule has 3 heterocycles. The fourth-order valence-electron chi connectivity index (χ4n) is 3.65. The van der Waals surface area contributed by atoms with Gasteiger partial charge in [0.15, 0.2) is 17.3 Å². The van der Waals surface area contributed by atoms with Crippen LogP contribution in [-0.4, -0.2) is 49.1 Å². The van der Waals surface area contributed by atoms with E-state index < -0.39 is 23.8 Å². The number of H-pyrrole nitrogens is 1. The number of benzene rings is 1. The van der Waals surface area contributed by atoms with E-state index in [9.17, 15) is 9.18 Å². The molecule has 0 aliphatic heterocycles. The van der Waals surface area contributed by atoms with Crippen LogP contribution in [0.15, 0.2) is 24.8 Å². The third-order valence-electron chi connectivity index (χ3n) is 5.79. The molecule has 2 atom stereocenters. The molecule has 2 unspecified atom stereocenters. The number of alkyl halides is 2. The van der Waals surface area contributed by atoms with Gasteiger partial charge in [0, 0.05) is 29.6 Å². The smallest absolute Gasteiger partial charge is 0.231 e. The van der Waals surface area contributed by atoms with Crippen molar-refractivity contribution in [1.29, 1.82) is 0 Å². The van der Waals surface area contributed by atoms with Crippen LogP contribution in [0.1, 0.15) is 20.3 Å². The monoisotopic (exact) mass is 507 g/mol. The Labute approximate surface area is 203 Å². The highest BCUT2D eigenvalue weighted by atomic mass is 35.5. The predicted molar refractivity (Wildman–Crippen MR) is 128 cm³/mol. The first kappa shape index (κ1) is 22.8. The molecular weight excluding hydrogens is 487 g/mol. The fraction of sp³-hybridized carbons (Fsp3) is 0.364. The molecule has 1 amide bonds. The number of nitrogens with one attached hydrogen (secondary N) is 3. The topological polar surface area (TPSA) is 100 Å². The number of anilines is 2. The van der Waals surface area contributed by atoms with E-state index in [1.165, 1.54) is 6.20 Å². The van der Waals surface area contributed by atoms with Crippen molar-refractivity contribution in [2.75, 3.05) is 23.1 Å². The zero-order chi connectivity index (χ0) is 24.2. The number of amides is 1. The van der Waals surface area contributed by atoms with Gasteiger partial charge in [-0.3, -0.25) is 14.9 Å². The van der Waals surface area contributed by atoms with Gasteiger partial charge in [-0.1, -0.05) is 25.4 Å². The maximum atomic E-state index is 15.4. The number of hydrogen-bond acceptors (Lipinski definition) is 5. The molecule has 3 N–H and O–H groups in total. The minimum atomic E-state index is -1.10. The third kappa shape index (κ3) is 4.05. The summed E-state index contributed by atoms with van der Waals surface area (Å²) in [6, 6.07) is 0. The summed E-state index contributed by atoms with van der Waals surface area (Å²) in [6.45, 7) is 4.36. The molecule has 1 fully saturated rings. The molecule has 0 spiro atoms. The van der Waals surface area contributed by atoms with Crippen LogP contribution >= 0.6 is 23.2 Å². The molecular formula is C22H21Cl2F2N7O. The first-order valence-corrected chi connectivity index (χ1v) is 11.5. The second-order valence-electron chi connectivity index (χ2n) is 9.20. The van der Waals surface area contributed by atoms with Crippen LogP contribution < -0.4 is 10.6 Å². The molecule has 0 bridgehead atoms. The van der Waals surface area contributed by atoms with Crippen molar-refractivity contribution in [3.05, 3.63) is 35.6 Å². The number of rotatable bonds is 7. The molecule has 8 nitrogen and oxygen atoms in total. The van der Waals surface area contributed by atoms with Gasteiger partial charge in [-0.2, -0.15) is 5.10 Å². The predicted octanol–water partition coefficient (Wildman–Crippen LogP) is 5.04. The highest BCUT2D eigenvalue weighted by Gasteiger charge is 2.43. The second-order valence-corrected chi connectivity index (χ2v) is 9.84. The summed E-state index contributed by atoms with van der Waals surface area (Å²) in [7, 11) is 0. The molecule has 1 aromatic carbocycles. The minimum absolute atomic E-state index is 0.108. The standard InChI is InChI=1S/C22H21Cl2F2N7O/c1-22(2,8-23)9-28-20-18(26)17(24)16(11-4-29-32-19(11)20)13-6-33-7-14(30-15(33)5-27-13)31-21(34)10-3-12(10)25/h4-7,10,12,28H,3,8-9H2,1-2H3,(H,29,32)(H,31,34). The molecule has 5 rings (SSSR count). The van der Waals surface area contributed by atoms with Crippen LogP contribution in [0.3, 0.4) is 0 Å². The van der Waals surface area contributed by atoms with Crippen molar-refractivity contribution < 1.29 is 13.6 Å². The van der Waals surface area contributed by atoms with E-state index in [0.717, 1.165) is 0 Å². The largest absolute Gasteiger partial charge is 0.380 e. The van der Waals surface area contributed by atoms with Crippen LogP contribution in [-0.2, 0) is 4.79 Å². The SMILES string of the molecule is CC(C)(CCl)CNc1c(F)c(Cl)c(-c2cn3cc(NC(=O)C4CC4F)nc3cn2)c2cn[nH]c12. The van der Waals surface area contributed by atoms with Crippen molar-refractivity contribution in [2.45, 2.75) is 26.4 Å². The van der Waals surface area contributed by atoms with Gasteiger partial charge < -0.3 is 15.0 Å². The van der Waals surface area contributed by atoms with Gasteiger partial charge >= 0.3 is 0 Å². The summed E-state index contributed by atoms with van der Waals surface area (Å²) in [4.78, 5) is 20.7. The number of aromatic amines is 1. The molecule has 34 heavy (non-hydrogen) atoms. The number of fused-ring (bicyclic) bond motifs is 2.